The lowest BCUT2D eigenvalue weighted by molar-refractivity contribution is 0.202. The summed E-state index contributed by atoms with van der Waals surface area (Å²) in [4.78, 5) is 2.28. The fourth-order valence-corrected chi connectivity index (χ4v) is 2.60. The molecule has 0 atom stereocenters. The molecule has 1 rings (SSSR count). The third-order valence-corrected chi connectivity index (χ3v) is 3.80. The van der Waals surface area contributed by atoms with E-state index in [0.717, 1.165) is 29.5 Å². The zero-order valence-corrected chi connectivity index (χ0v) is 13.4. The summed E-state index contributed by atoms with van der Waals surface area (Å²) in [6.07, 6.45) is 2.11. The summed E-state index contributed by atoms with van der Waals surface area (Å²) in [5.74, 6) is 0. The second-order valence-corrected chi connectivity index (χ2v) is 5.35. The first-order chi connectivity index (χ1) is 9.17. The number of benzene rings is 1. The maximum absolute atomic E-state index is 9.29. The van der Waals surface area contributed by atoms with Gasteiger partial charge in [0.15, 0.2) is 0 Å². The minimum Gasteiger partial charge on any atom is -0.383 e. The number of hydrogen-bond donors (Lipinski definition) is 0. The van der Waals surface area contributed by atoms with E-state index in [1.54, 1.807) is 7.11 Å². The standard InChI is InChI=1S/C15H21BrN2O/c1-4-14(5-2)18(8-9-19-3)15-10-13(16)7-6-12(15)11-17/h6-7,10,14H,4-5,8-9H2,1-3H3. The minimum atomic E-state index is 0.427. The third kappa shape index (κ3) is 4.22. The molecule has 0 aliphatic heterocycles. The number of anilines is 1. The zero-order chi connectivity index (χ0) is 14.3. The smallest absolute Gasteiger partial charge is 0.101 e. The second kappa shape index (κ2) is 8.19. The van der Waals surface area contributed by atoms with Gasteiger partial charge in [-0.15, -0.1) is 0 Å². The van der Waals surface area contributed by atoms with Crippen molar-refractivity contribution in [3.8, 4) is 6.07 Å². The van der Waals surface area contributed by atoms with Crippen LogP contribution >= 0.6 is 15.9 Å². The van der Waals surface area contributed by atoms with E-state index in [0.29, 0.717) is 18.2 Å². The highest BCUT2D eigenvalue weighted by molar-refractivity contribution is 9.10. The van der Waals surface area contributed by atoms with Crippen molar-refractivity contribution in [3.63, 3.8) is 0 Å². The highest BCUT2D eigenvalue weighted by Gasteiger charge is 2.18. The Morgan fingerprint density at radius 1 is 1.37 bits per heavy atom. The minimum absolute atomic E-state index is 0.427. The van der Waals surface area contributed by atoms with Crippen molar-refractivity contribution < 1.29 is 4.74 Å². The first-order valence-corrected chi connectivity index (χ1v) is 7.42. The van der Waals surface area contributed by atoms with Gasteiger partial charge in [0, 0.05) is 24.2 Å². The van der Waals surface area contributed by atoms with Gasteiger partial charge in [-0.2, -0.15) is 5.26 Å². The van der Waals surface area contributed by atoms with Gasteiger partial charge >= 0.3 is 0 Å². The lowest BCUT2D eigenvalue weighted by Crippen LogP contribution is -2.37. The molecule has 0 radical (unpaired) electrons. The molecule has 0 unspecified atom stereocenters. The van der Waals surface area contributed by atoms with Crippen LogP contribution in [-0.4, -0.2) is 26.3 Å². The molecule has 0 aromatic heterocycles. The Balaban J connectivity index is 3.15. The monoisotopic (exact) mass is 324 g/mol. The predicted molar refractivity (Wildman–Crippen MR) is 82.4 cm³/mol. The number of nitrogens with zero attached hydrogens (tertiary/aromatic N) is 2. The molecule has 0 amide bonds. The number of rotatable bonds is 7. The van der Waals surface area contributed by atoms with Crippen molar-refractivity contribution >= 4 is 21.6 Å². The molecule has 19 heavy (non-hydrogen) atoms. The maximum atomic E-state index is 9.29. The van der Waals surface area contributed by atoms with Crippen molar-refractivity contribution in [1.82, 2.24) is 0 Å². The largest absolute Gasteiger partial charge is 0.383 e. The number of halogens is 1. The number of hydrogen-bond acceptors (Lipinski definition) is 3. The zero-order valence-electron chi connectivity index (χ0n) is 11.8. The van der Waals surface area contributed by atoms with Crippen LogP contribution in [0.4, 0.5) is 5.69 Å². The molecule has 1 aromatic rings. The lowest BCUT2D eigenvalue weighted by Gasteiger charge is -2.33. The predicted octanol–water partition coefficient (Wildman–Crippen LogP) is 3.96. The summed E-state index contributed by atoms with van der Waals surface area (Å²) in [5, 5.41) is 9.29. The molecule has 0 N–H and O–H groups in total. The van der Waals surface area contributed by atoms with Gasteiger partial charge in [-0.05, 0) is 31.0 Å². The average molecular weight is 325 g/mol. The average Bonchev–Trinajstić information content (AvgIpc) is 2.43. The molecule has 104 valence electrons. The van der Waals surface area contributed by atoms with Crippen LogP contribution in [0, 0.1) is 11.3 Å². The van der Waals surface area contributed by atoms with Gasteiger partial charge in [-0.1, -0.05) is 29.8 Å². The first-order valence-electron chi connectivity index (χ1n) is 6.63. The number of ether oxygens (including phenoxy) is 1. The summed E-state index contributed by atoms with van der Waals surface area (Å²) >= 11 is 3.49. The normalized spacial score (nSPS) is 10.5. The third-order valence-electron chi connectivity index (χ3n) is 3.31. The summed E-state index contributed by atoms with van der Waals surface area (Å²) in [5.41, 5.74) is 1.70. The quantitative estimate of drug-likeness (QED) is 0.761. The van der Waals surface area contributed by atoms with Gasteiger partial charge in [0.25, 0.3) is 0 Å². The molecule has 0 bridgehead atoms. The van der Waals surface area contributed by atoms with Gasteiger partial charge in [-0.3, -0.25) is 0 Å². The van der Waals surface area contributed by atoms with Crippen LogP contribution in [0.2, 0.25) is 0 Å². The van der Waals surface area contributed by atoms with E-state index in [2.05, 4.69) is 40.7 Å². The molecule has 0 saturated heterocycles. The number of methoxy groups -OCH3 is 1. The molecule has 0 saturated carbocycles. The van der Waals surface area contributed by atoms with Crippen LogP contribution in [0.15, 0.2) is 22.7 Å². The first kappa shape index (κ1) is 16.0. The van der Waals surface area contributed by atoms with Gasteiger partial charge in [0.1, 0.15) is 6.07 Å². The Hall–Kier alpha value is -1.05. The van der Waals surface area contributed by atoms with E-state index in [-0.39, 0.29) is 0 Å². The van der Waals surface area contributed by atoms with Crippen LogP contribution in [0.25, 0.3) is 0 Å². The van der Waals surface area contributed by atoms with E-state index in [4.69, 9.17) is 4.74 Å². The summed E-state index contributed by atoms with van der Waals surface area (Å²) in [6.45, 7) is 5.82. The molecule has 0 spiro atoms. The molecular formula is C15H21BrN2O. The van der Waals surface area contributed by atoms with Crippen molar-refractivity contribution in [3.05, 3.63) is 28.2 Å². The van der Waals surface area contributed by atoms with E-state index in [1.807, 2.05) is 18.2 Å². The van der Waals surface area contributed by atoms with Gasteiger partial charge in [0.05, 0.1) is 17.9 Å². The van der Waals surface area contributed by atoms with Crippen LogP contribution in [0.1, 0.15) is 32.3 Å². The van der Waals surface area contributed by atoms with Crippen molar-refractivity contribution in [2.24, 2.45) is 0 Å². The van der Waals surface area contributed by atoms with E-state index in [1.165, 1.54) is 0 Å². The number of nitriles is 1. The van der Waals surface area contributed by atoms with Gasteiger partial charge in [0.2, 0.25) is 0 Å². The molecule has 0 fully saturated rings. The molecule has 0 aliphatic rings. The van der Waals surface area contributed by atoms with Crippen LogP contribution in [0.5, 0.6) is 0 Å². The Morgan fingerprint density at radius 2 is 2.05 bits per heavy atom. The second-order valence-electron chi connectivity index (χ2n) is 4.43. The van der Waals surface area contributed by atoms with Gasteiger partial charge in [-0.25, -0.2) is 0 Å². The fourth-order valence-electron chi connectivity index (χ4n) is 2.26. The fraction of sp³-hybridized carbons (Fsp3) is 0.533. The Kier molecular flexibility index (Phi) is 6.90. The lowest BCUT2D eigenvalue weighted by atomic mass is 10.1. The highest BCUT2D eigenvalue weighted by atomic mass is 79.9. The van der Waals surface area contributed by atoms with Gasteiger partial charge < -0.3 is 9.64 Å². The van der Waals surface area contributed by atoms with E-state index in [9.17, 15) is 5.26 Å². The molecule has 3 nitrogen and oxygen atoms in total. The molecule has 4 heteroatoms. The SMILES string of the molecule is CCC(CC)N(CCOC)c1cc(Br)ccc1C#N. The van der Waals surface area contributed by atoms with Crippen molar-refractivity contribution in [2.75, 3.05) is 25.2 Å². The Labute approximate surface area is 124 Å². The maximum Gasteiger partial charge on any atom is 0.101 e. The topological polar surface area (TPSA) is 36.3 Å². The van der Waals surface area contributed by atoms with E-state index < -0.39 is 0 Å². The van der Waals surface area contributed by atoms with E-state index >= 15 is 0 Å². The summed E-state index contributed by atoms with van der Waals surface area (Å²) in [6, 6.07) is 8.50. The Morgan fingerprint density at radius 3 is 2.58 bits per heavy atom. The van der Waals surface area contributed by atoms with Crippen LogP contribution in [-0.2, 0) is 4.74 Å². The summed E-state index contributed by atoms with van der Waals surface area (Å²) in [7, 11) is 1.71. The highest BCUT2D eigenvalue weighted by Crippen LogP contribution is 2.28. The molecule has 0 aliphatic carbocycles. The van der Waals surface area contributed by atoms with Crippen molar-refractivity contribution in [2.45, 2.75) is 32.7 Å². The van der Waals surface area contributed by atoms with Crippen molar-refractivity contribution in [1.29, 1.82) is 5.26 Å². The molecule has 1 aromatic carbocycles. The summed E-state index contributed by atoms with van der Waals surface area (Å²) < 4.78 is 6.20. The Bertz CT molecular complexity index is 438. The molecule has 0 heterocycles. The van der Waals surface area contributed by atoms with Crippen LogP contribution in [0.3, 0.4) is 0 Å². The molecular weight excluding hydrogens is 304 g/mol. The van der Waals surface area contributed by atoms with Crippen LogP contribution < -0.4 is 4.90 Å².